The van der Waals surface area contributed by atoms with Crippen molar-refractivity contribution in [2.24, 2.45) is 0 Å². The lowest BCUT2D eigenvalue weighted by Crippen LogP contribution is -2.44. The van der Waals surface area contributed by atoms with Crippen molar-refractivity contribution in [1.29, 1.82) is 0 Å². The summed E-state index contributed by atoms with van der Waals surface area (Å²) in [6, 6.07) is 14.1. The van der Waals surface area contributed by atoms with Gasteiger partial charge in [-0.3, -0.25) is 9.47 Å². The molecule has 0 aliphatic carbocycles. The second-order valence-corrected chi connectivity index (χ2v) is 8.23. The van der Waals surface area contributed by atoms with Crippen LogP contribution < -0.4 is 5.69 Å². The van der Waals surface area contributed by atoms with Gasteiger partial charge in [-0.2, -0.15) is 0 Å². The SMILES string of the molecule is O=c1[nH]c2cnc3[nH]ccc3c2n1C1C[C@H]2CC[C@@H](C1)N2Cc1ccccc1. The number of hydrogen-bond acceptors (Lipinski definition) is 3. The van der Waals surface area contributed by atoms with E-state index in [-0.39, 0.29) is 11.7 Å². The lowest BCUT2D eigenvalue weighted by molar-refractivity contribution is 0.0997. The fourth-order valence-electron chi connectivity index (χ4n) is 5.48. The molecule has 2 aliphatic rings. The van der Waals surface area contributed by atoms with E-state index in [4.69, 9.17) is 0 Å². The van der Waals surface area contributed by atoms with Crippen molar-refractivity contribution in [3.63, 3.8) is 0 Å². The van der Waals surface area contributed by atoms with E-state index in [1.165, 1.54) is 18.4 Å². The highest BCUT2D eigenvalue weighted by Crippen LogP contribution is 2.42. The second kappa shape index (κ2) is 6.07. The zero-order valence-corrected chi connectivity index (χ0v) is 15.6. The summed E-state index contributed by atoms with van der Waals surface area (Å²) in [5, 5.41) is 1.02. The molecule has 2 fully saturated rings. The van der Waals surface area contributed by atoms with Crippen molar-refractivity contribution in [1.82, 2.24) is 24.4 Å². The second-order valence-electron chi connectivity index (χ2n) is 8.23. The minimum absolute atomic E-state index is 0.00795. The predicted molar refractivity (Wildman–Crippen MR) is 109 cm³/mol. The number of benzene rings is 1. The molecule has 2 aliphatic heterocycles. The van der Waals surface area contributed by atoms with Crippen molar-refractivity contribution >= 4 is 22.1 Å². The summed E-state index contributed by atoms with van der Waals surface area (Å²) < 4.78 is 2.01. The Hall–Kier alpha value is -2.86. The number of hydrogen-bond donors (Lipinski definition) is 2. The first-order valence-electron chi connectivity index (χ1n) is 10.1. The highest BCUT2D eigenvalue weighted by molar-refractivity contribution is 6.00. The van der Waals surface area contributed by atoms with E-state index in [9.17, 15) is 4.79 Å². The molecule has 1 unspecified atom stereocenters. The van der Waals surface area contributed by atoms with Crippen LogP contribution in [0, 0.1) is 0 Å². The number of imidazole rings is 1. The molecule has 2 N–H and O–H groups in total. The molecule has 3 atom stereocenters. The van der Waals surface area contributed by atoms with Gasteiger partial charge in [0.2, 0.25) is 0 Å². The van der Waals surface area contributed by atoms with Crippen molar-refractivity contribution in [3.8, 4) is 0 Å². The first-order chi connectivity index (χ1) is 13.8. The number of piperidine rings is 1. The van der Waals surface area contributed by atoms with Crippen LogP contribution in [0.25, 0.3) is 22.1 Å². The quantitative estimate of drug-likeness (QED) is 0.577. The van der Waals surface area contributed by atoms with Crippen LogP contribution in [0.1, 0.15) is 37.3 Å². The number of nitrogens with zero attached hydrogens (tertiary/aromatic N) is 3. The van der Waals surface area contributed by atoms with Crippen LogP contribution in [0.4, 0.5) is 0 Å². The fraction of sp³-hybridized carbons (Fsp3) is 0.364. The van der Waals surface area contributed by atoms with Gasteiger partial charge in [-0.15, -0.1) is 0 Å². The van der Waals surface area contributed by atoms with Gasteiger partial charge in [-0.05, 0) is 37.3 Å². The van der Waals surface area contributed by atoms with Crippen molar-refractivity contribution in [3.05, 3.63) is 64.8 Å². The van der Waals surface area contributed by atoms with Crippen molar-refractivity contribution in [2.75, 3.05) is 0 Å². The summed E-state index contributed by atoms with van der Waals surface area (Å²) in [4.78, 5) is 26.1. The van der Waals surface area contributed by atoms with E-state index in [2.05, 4.69) is 50.2 Å². The Balaban J connectivity index is 1.37. The minimum Gasteiger partial charge on any atom is -0.346 e. The Morgan fingerprint density at radius 2 is 1.82 bits per heavy atom. The van der Waals surface area contributed by atoms with E-state index in [1.54, 1.807) is 6.20 Å². The third kappa shape index (κ3) is 2.37. The Kier molecular flexibility index (Phi) is 3.50. The molecule has 0 saturated carbocycles. The average molecular weight is 373 g/mol. The van der Waals surface area contributed by atoms with Gasteiger partial charge in [0.25, 0.3) is 0 Å². The highest BCUT2D eigenvalue weighted by Gasteiger charge is 2.41. The van der Waals surface area contributed by atoms with Crippen LogP contribution in [0.5, 0.6) is 0 Å². The standard InChI is InChI=1S/C22H23N5O/c28-22-25-19-12-24-21-18(8-9-23-21)20(19)27(22)17-10-15-6-7-16(11-17)26(15)13-14-4-2-1-3-5-14/h1-5,8-9,12,15-17H,6-7,10-11,13H2,(H,23,24)(H,25,28)/t15-,16+,17?. The Bertz CT molecular complexity index is 1190. The average Bonchev–Trinajstić information content (AvgIpc) is 3.36. The number of nitrogens with one attached hydrogen (secondary N) is 2. The van der Waals surface area contributed by atoms with Crippen molar-refractivity contribution in [2.45, 2.75) is 50.4 Å². The molecule has 2 bridgehead atoms. The molecule has 5 heterocycles. The Labute approximate surface area is 162 Å². The molecule has 0 amide bonds. The number of rotatable bonds is 3. The molecule has 0 radical (unpaired) electrons. The van der Waals surface area contributed by atoms with Gasteiger partial charge < -0.3 is 9.97 Å². The first kappa shape index (κ1) is 16.1. The molecule has 1 aromatic carbocycles. The van der Waals surface area contributed by atoms with E-state index in [0.29, 0.717) is 12.1 Å². The van der Waals surface area contributed by atoms with E-state index < -0.39 is 0 Å². The monoisotopic (exact) mass is 373 g/mol. The molecular formula is C22H23N5O. The van der Waals surface area contributed by atoms with E-state index in [1.807, 2.05) is 16.8 Å². The number of aromatic nitrogens is 4. The van der Waals surface area contributed by atoms with Gasteiger partial charge in [-0.1, -0.05) is 30.3 Å². The lowest BCUT2D eigenvalue weighted by atomic mass is 9.96. The Morgan fingerprint density at radius 3 is 2.61 bits per heavy atom. The minimum atomic E-state index is -0.00795. The topological polar surface area (TPSA) is 69.7 Å². The molecule has 28 heavy (non-hydrogen) atoms. The van der Waals surface area contributed by atoms with Crippen LogP contribution in [0.2, 0.25) is 0 Å². The van der Waals surface area contributed by atoms with Gasteiger partial charge in [0, 0.05) is 36.3 Å². The number of fused-ring (bicyclic) bond motifs is 5. The number of pyridine rings is 1. The predicted octanol–water partition coefficient (Wildman–Crippen LogP) is 3.57. The molecule has 0 spiro atoms. The molecule has 6 rings (SSSR count). The zero-order chi connectivity index (χ0) is 18.7. The first-order valence-corrected chi connectivity index (χ1v) is 10.1. The van der Waals surface area contributed by atoms with Gasteiger partial charge in [0.05, 0.1) is 17.2 Å². The summed E-state index contributed by atoms with van der Waals surface area (Å²) in [7, 11) is 0. The summed E-state index contributed by atoms with van der Waals surface area (Å²) in [5.74, 6) is 0. The normalized spacial score (nSPS) is 25.1. The number of aromatic amines is 2. The maximum absolute atomic E-state index is 12.9. The van der Waals surface area contributed by atoms with E-state index in [0.717, 1.165) is 41.5 Å². The van der Waals surface area contributed by atoms with Gasteiger partial charge in [0.1, 0.15) is 5.65 Å². The summed E-state index contributed by atoms with van der Waals surface area (Å²) in [6.07, 6.45) is 8.18. The van der Waals surface area contributed by atoms with Gasteiger partial charge >= 0.3 is 5.69 Å². The van der Waals surface area contributed by atoms with Crippen LogP contribution in [-0.2, 0) is 6.54 Å². The molecule has 4 aromatic rings. The molecule has 3 aromatic heterocycles. The highest BCUT2D eigenvalue weighted by atomic mass is 16.1. The van der Waals surface area contributed by atoms with Crippen LogP contribution in [0.3, 0.4) is 0 Å². The summed E-state index contributed by atoms with van der Waals surface area (Å²) in [6.45, 7) is 1.01. The molecule has 6 nitrogen and oxygen atoms in total. The number of H-pyrrole nitrogens is 2. The van der Waals surface area contributed by atoms with E-state index >= 15 is 0 Å². The third-order valence-electron chi connectivity index (χ3n) is 6.69. The van der Waals surface area contributed by atoms with Crippen LogP contribution >= 0.6 is 0 Å². The largest absolute Gasteiger partial charge is 0.346 e. The summed E-state index contributed by atoms with van der Waals surface area (Å²) >= 11 is 0. The third-order valence-corrected chi connectivity index (χ3v) is 6.69. The molecule has 142 valence electrons. The smallest absolute Gasteiger partial charge is 0.326 e. The zero-order valence-electron chi connectivity index (χ0n) is 15.6. The van der Waals surface area contributed by atoms with Crippen LogP contribution in [-0.4, -0.2) is 36.5 Å². The summed E-state index contributed by atoms with van der Waals surface area (Å²) in [5.41, 5.74) is 4.03. The molecule has 6 heteroatoms. The molecular weight excluding hydrogens is 350 g/mol. The maximum Gasteiger partial charge on any atom is 0.326 e. The van der Waals surface area contributed by atoms with Crippen molar-refractivity contribution < 1.29 is 0 Å². The lowest BCUT2D eigenvalue weighted by Gasteiger charge is -2.39. The van der Waals surface area contributed by atoms with Crippen LogP contribution in [0.15, 0.2) is 53.6 Å². The van der Waals surface area contributed by atoms with Gasteiger partial charge in [-0.25, -0.2) is 9.78 Å². The molecule has 2 saturated heterocycles. The Morgan fingerprint density at radius 1 is 1.04 bits per heavy atom. The van der Waals surface area contributed by atoms with Gasteiger partial charge in [0.15, 0.2) is 0 Å². The fourth-order valence-corrected chi connectivity index (χ4v) is 5.48. The maximum atomic E-state index is 12.9.